The Balaban J connectivity index is 1.96. The number of aliphatic hydroxyl groups is 5. The Hall–Kier alpha value is -1.30. The van der Waals surface area contributed by atoms with Crippen molar-refractivity contribution in [2.75, 3.05) is 25.6 Å². The molecule has 0 spiro atoms. The van der Waals surface area contributed by atoms with Crippen molar-refractivity contribution in [3.63, 3.8) is 0 Å². The number of phosphoric ester groups is 2. The highest BCUT2D eigenvalue weighted by atomic mass is 31.3. The van der Waals surface area contributed by atoms with Gasteiger partial charge in [-0.3, -0.25) is 13.6 Å². The molecule has 0 aromatic carbocycles. The summed E-state index contributed by atoms with van der Waals surface area (Å²) in [7, 11) is -10.6. The fourth-order valence-corrected chi connectivity index (χ4v) is 4.60. The molecule has 8 atom stereocenters. The second-order valence-electron chi connectivity index (χ2n) is 7.23. The van der Waals surface area contributed by atoms with Crippen molar-refractivity contribution in [1.29, 1.82) is 0 Å². The molecule has 1 aliphatic heterocycles. The number of aromatic nitrogens is 2. The molecule has 1 fully saturated rings. The largest absolute Gasteiger partial charge is 0.481 e. The predicted octanol–water partition coefficient (Wildman–Crippen LogP) is -3.20. The summed E-state index contributed by atoms with van der Waals surface area (Å²) in [6.45, 7) is -1.94. The molecule has 0 radical (unpaired) electrons. The maximum Gasteiger partial charge on any atom is 0.481 e. The zero-order valence-corrected chi connectivity index (χ0v) is 18.8. The molecule has 19 heteroatoms. The molecule has 1 aromatic heterocycles. The molecule has 0 amide bonds. The Morgan fingerprint density at radius 2 is 1.88 bits per heavy atom. The van der Waals surface area contributed by atoms with E-state index in [0.29, 0.717) is 0 Å². The molecule has 17 nitrogen and oxygen atoms in total. The lowest BCUT2D eigenvalue weighted by Crippen LogP contribution is -2.45. The van der Waals surface area contributed by atoms with Crippen LogP contribution < -0.4 is 11.4 Å². The van der Waals surface area contributed by atoms with Crippen LogP contribution in [-0.4, -0.2) is 94.7 Å². The molecule has 0 aliphatic carbocycles. The average molecular weight is 522 g/mol. The van der Waals surface area contributed by atoms with E-state index in [4.69, 9.17) is 15.6 Å². The smallest absolute Gasteiger partial charge is 0.393 e. The van der Waals surface area contributed by atoms with Gasteiger partial charge >= 0.3 is 21.3 Å². The molecule has 0 bridgehead atoms. The Morgan fingerprint density at radius 3 is 2.45 bits per heavy atom. The van der Waals surface area contributed by atoms with Gasteiger partial charge in [-0.1, -0.05) is 0 Å². The zero-order chi connectivity index (χ0) is 25.2. The summed E-state index contributed by atoms with van der Waals surface area (Å²) in [5, 5.41) is 48.3. The minimum Gasteiger partial charge on any atom is -0.393 e. The summed E-state index contributed by atoms with van der Waals surface area (Å²) in [6.07, 6.45) is -7.07. The second-order valence-corrected chi connectivity index (χ2v) is 10.3. The molecular weight excluding hydrogens is 497 g/mol. The van der Waals surface area contributed by atoms with Crippen LogP contribution >= 0.6 is 15.6 Å². The van der Waals surface area contributed by atoms with Crippen molar-refractivity contribution >= 4 is 21.5 Å². The first-order valence-corrected chi connectivity index (χ1v) is 12.1. The maximum absolute atomic E-state index is 12.0. The minimum atomic E-state index is -5.33. The monoisotopic (exact) mass is 522 g/mol. The van der Waals surface area contributed by atoms with E-state index >= 15 is 0 Å². The SMILES string of the molecule is C[C@](O)(CO)[13C@H](O)COP(=O)(O)OP(=O)(O)OC[C@H]1O[C@@H](n2ccc(N)nc2=O)[C@H](O)[C@@H]1O. The highest BCUT2D eigenvalue weighted by Gasteiger charge is 2.46. The van der Waals surface area contributed by atoms with Gasteiger partial charge in [-0.2, -0.15) is 9.29 Å². The van der Waals surface area contributed by atoms with Crippen molar-refractivity contribution in [1.82, 2.24) is 9.55 Å². The molecule has 9 N–H and O–H groups in total. The number of hydrogen-bond acceptors (Lipinski definition) is 14. The highest BCUT2D eigenvalue weighted by molar-refractivity contribution is 7.61. The van der Waals surface area contributed by atoms with E-state index < -0.39 is 77.4 Å². The molecule has 2 unspecified atom stereocenters. The van der Waals surface area contributed by atoms with E-state index in [1.165, 1.54) is 6.07 Å². The summed E-state index contributed by atoms with van der Waals surface area (Å²) in [5.41, 5.74) is 2.35. The maximum atomic E-state index is 12.0. The fraction of sp³-hybridized carbons (Fsp3) is 0.714. The minimum absolute atomic E-state index is 0.106. The summed E-state index contributed by atoms with van der Waals surface area (Å²) >= 11 is 0. The molecule has 1 aliphatic rings. The number of nitrogens with zero attached hydrogens (tertiary/aromatic N) is 2. The number of anilines is 1. The molecule has 1 aromatic rings. The topological polar surface area (TPSA) is 274 Å². The third kappa shape index (κ3) is 7.34. The van der Waals surface area contributed by atoms with E-state index in [-0.39, 0.29) is 5.82 Å². The first-order chi connectivity index (χ1) is 15.1. The highest BCUT2D eigenvalue weighted by Crippen LogP contribution is 2.60. The van der Waals surface area contributed by atoms with E-state index in [0.717, 1.165) is 17.7 Å². The van der Waals surface area contributed by atoms with Crippen LogP contribution in [-0.2, 0) is 27.2 Å². The number of phosphoric acid groups is 2. The summed E-state index contributed by atoms with van der Waals surface area (Å²) < 4.78 is 42.7. The van der Waals surface area contributed by atoms with E-state index in [1.807, 2.05) is 0 Å². The van der Waals surface area contributed by atoms with Gasteiger partial charge < -0.3 is 45.8 Å². The first-order valence-electron chi connectivity index (χ1n) is 9.12. The number of nitrogen functional groups attached to an aromatic ring is 1. The Labute approximate surface area is 185 Å². The van der Waals surface area contributed by atoms with Gasteiger partial charge in [0.25, 0.3) is 0 Å². The lowest BCUT2D eigenvalue weighted by Gasteiger charge is -2.27. The van der Waals surface area contributed by atoms with Crippen LogP contribution in [0.15, 0.2) is 17.1 Å². The molecule has 190 valence electrons. The van der Waals surface area contributed by atoms with Crippen LogP contribution in [0.25, 0.3) is 0 Å². The summed E-state index contributed by atoms with van der Waals surface area (Å²) in [4.78, 5) is 34.5. The van der Waals surface area contributed by atoms with E-state index in [2.05, 4.69) is 18.3 Å². The molecule has 0 saturated carbocycles. The van der Waals surface area contributed by atoms with Gasteiger partial charge in [0.05, 0.1) is 19.8 Å². The average Bonchev–Trinajstić information content (AvgIpc) is 2.98. The number of rotatable bonds is 11. The third-order valence-corrected chi connectivity index (χ3v) is 7.11. The van der Waals surface area contributed by atoms with Gasteiger partial charge in [-0.25, -0.2) is 13.9 Å². The molecule has 2 heterocycles. The van der Waals surface area contributed by atoms with Crippen molar-refractivity contribution < 1.29 is 62.5 Å². The normalized spacial score (nSPS) is 29.7. The Morgan fingerprint density at radius 1 is 1.27 bits per heavy atom. The van der Waals surface area contributed by atoms with E-state index in [1.54, 1.807) is 0 Å². The zero-order valence-electron chi connectivity index (χ0n) is 17.0. The Bertz CT molecular complexity index is 973. The van der Waals surface area contributed by atoms with Gasteiger partial charge in [-0.05, 0) is 13.0 Å². The predicted molar refractivity (Wildman–Crippen MR) is 105 cm³/mol. The van der Waals surface area contributed by atoms with Crippen LogP contribution in [0.2, 0.25) is 0 Å². The van der Waals surface area contributed by atoms with Crippen LogP contribution in [0, 0.1) is 0 Å². The lowest BCUT2D eigenvalue weighted by molar-refractivity contribution is -0.107. The van der Waals surface area contributed by atoms with Crippen molar-refractivity contribution in [3.05, 3.63) is 22.7 Å². The van der Waals surface area contributed by atoms with Crippen molar-refractivity contribution in [2.24, 2.45) is 0 Å². The number of ether oxygens (including phenoxy) is 1. The molecule has 2 rings (SSSR count). The van der Waals surface area contributed by atoms with Crippen LogP contribution in [0.3, 0.4) is 0 Å². The van der Waals surface area contributed by atoms with Crippen molar-refractivity contribution in [2.45, 2.75) is 43.2 Å². The van der Waals surface area contributed by atoms with Gasteiger partial charge in [-0.15, -0.1) is 0 Å². The fourth-order valence-electron chi connectivity index (χ4n) is 2.51. The van der Waals surface area contributed by atoms with Gasteiger partial charge in [0.1, 0.15) is 35.8 Å². The van der Waals surface area contributed by atoms with Crippen LogP contribution in [0.4, 0.5) is 5.82 Å². The Kier molecular flexibility index (Phi) is 8.92. The van der Waals surface area contributed by atoms with E-state index in [9.17, 15) is 44.1 Å². The summed E-state index contributed by atoms with van der Waals surface area (Å²) in [6, 6.07) is 1.22. The van der Waals surface area contributed by atoms with Gasteiger partial charge in [0.15, 0.2) is 6.23 Å². The van der Waals surface area contributed by atoms with Crippen molar-refractivity contribution in [3.8, 4) is 0 Å². The standard InChI is InChI=1S/C14H25N3O14P2/c1-14(23,6-18)8(19)5-29-33(26,27)31-32(24,25)28-4-7-10(20)11(21)12(30-7)17-3-2-9(15)16-13(17)22/h2-3,7-8,10-12,18-21,23H,4-6H2,1H3,(H,24,25)(H,26,27)(H2,15,16,22)/t7-,8-,10-,11-,12-,14+/m1/s1/i8+1. The quantitative estimate of drug-likeness (QED) is 0.105. The third-order valence-electron chi connectivity index (χ3n) is 4.50. The lowest BCUT2D eigenvalue weighted by atomic mass is 10.1. The molecule has 33 heavy (non-hydrogen) atoms. The summed E-state index contributed by atoms with van der Waals surface area (Å²) in [5.74, 6) is -0.106. The second kappa shape index (κ2) is 10.5. The first kappa shape index (κ1) is 27.9. The number of nitrogens with two attached hydrogens (primary N) is 1. The van der Waals surface area contributed by atoms with Gasteiger partial charge in [0.2, 0.25) is 0 Å². The molecular formula is C14H25N3O14P2. The van der Waals surface area contributed by atoms with Crippen LogP contribution in [0.5, 0.6) is 0 Å². The van der Waals surface area contributed by atoms with Crippen LogP contribution in [0.1, 0.15) is 13.2 Å². The number of aliphatic hydroxyl groups excluding tert-OH is 4. The molecule has 1 saturated heterocycles. The number of hydrogen-bond donors (Lipinski definition) is 8. The van der Waals surface area contributed by atoms with Gasteiger partial charge in [0, 0.05) is 6.20 Å².